The molecular formula is C16H10F3N3O3S2. The summed E-state index contributed by atoms with van der Waals surface area (Å²) in [5, 5.41) is 11.4. The topological polar surface area (TPSA) is 80.1 Å². The van der Waals surface area contributed by atoms with E-state index >= 15 is 0 Å². The second-order valence-corrected chi connectivity index (χ2v) is 7.02. The first-order chi connectivity index (χ1) is 12.8. The molecule has 0 aliphatic carbocycles. The third-order valence-corrected chi connectivity index (χ3v) is 5.33. The van der Waals surface area contributed by atoms with Gasteiger partial charge in [0.25, 0.3) is 5.91 Å². The van der Waals surface area contributed by atoms with E-state index in [9.17, 15) is 22.8 Å². The van der Waals surface area contributed by atoms with Crippen molar-refractivity contribution in [1.82, 2.24) is 5.32 Å². The van der Waals surface area contributed by atoms with Gasteiger partial charge in [0.2, 0.25) is 0 Å². The minimum Gasteiger partial charge on any atom is -0.466 e. The maximum atomic E-state index is 13.0. The van der Waals surface area contributed by atoms with E-state index < -0.39 is 23.6 Å². The van der Waals surface area contributed by atoms with Crippen LogP contribution in [-0.2, 0) is 20.5 Å². The Morgan fingerprint density at radius 2 is 2.11 bits per heavy atom. The zero-order valence-electron chi connectivity index (χ0n) is 13.5. The number of carbonyl (C=O) groups excluding carboxylic acids is 2. The Kier molecular flexibility index (Phi) is 5.33. The number of hydrogen-bond donors (Lipinski definition) is 1. The summed E-state index contributed by atoms with van der Waals surface area (Å²) in [7, 11) is 1.19. The van der Waals surface area contributed by atoms with Crippen molar-refractivity contribution in [2.45, 2.75) is 6.18 Å². The minimum absolute atomic E-state index is 0.0935. The maximum absolute atomic E-state index is 13.0. The highest BCUT2D eigenvalue weighted by atomic mass is 32.2. The number of alkyl halides is 3. The molecule has 1 amide bonds. The summed E-state index contributed by atoms with van der Waals surface area (Å²) in [6, 6.07) is 4.52. The second-order valence-electron chi connectivity index (χ2n) is 5.11. The molecule has 2 aromatic rings. The van der Waals surface area contributed by atoms with E-state index in [2.05, 4.69) is 20.3 Å². The Morgan fingerprint density at radius 1 is 1.33 bits per heavy atom. The molecule has 1 fully saturated rings. The first-order valence-electron chi connectivity index (χ1n) is 7.27. The van der Waals surface area contributed by atoms with E-state index in [0.717, 1.165) is 34.6 Å². The number of ether oxygens (including phenoxy) is 1. The van der Waals surface area contributed by atoms with Crippen LogP contribution in [0.4, 0.5) is 13.2 Å². The van der Waals surface area contributed by atoms with E-state index in [1.807, 2.05) is 0 Å². The molecule has 1 N–H and O–H groups in total. The molecule has 0 atom stereocenters. The summed E-state index contributed by atoms with van der Waals surface area (Å²) in [4.78, 5) is 23.0. The number of amides is 1. The van der Waals surface area contributed by atoms with Crippen molar-refractivity contribution in [2.24, 2.45) is 10.2 Å². The van der Waals surface area contributed by atoms with Gasteiger partial charge in [0.15, 0.2) is 5.17 Å². The lowest BCUT2D eigenvalue weighted by atomic mass is 10.1. The summed E-state index contributed by atoms with van der Waals surface area (Å²) >= 11 is 1.86. The number of carbonyl (C=O) groups is 2. The number of benzene rings is 1. The molecule has 1 aromatic heterocycles. The fraction of sp³-hybridized carbons (Fsp3) is 0.125. The maximum Gasteiger partial charge on any atom is 0.417 e. The molecule has 6 nitrogen and oxygen atoms in total. The zero-order chi connectivity index (χ0) is 19.6. The van der Waals surface area contributed by atoms with Gasteiger partial charge in [-0.25, -0.2) is 4.79 Å². The van der Waals surface area contributed by atoms with Crippen LogP contribution in [-0.4, -0.2) is 30.4 Å². The van der Waals surface area contributed by atoms with Gasteiger partial charge in [-0.1, -0.05) is 18.2 Å². The van der Waals surface area contributed by atoms with Crippen LogP contribution in [0.15, 0.2) is 44.8 Å². The lowest BCUT2D eigenvalue weighted by molar-refractivity contribution is -0.136. The van der Waals surface area contributed by atoms with Gasteiger partial charge in [-0.3, -0.25) is 10.1 Å². The van der Waals surface area contributed by atoms with Gasteiger partial charge in [-0.2, -0.15) is 18.3 Å². The molecule has 0 saturated carbocycles. The van der Waals surface area contributed by atoms with Crippen LogP contribution in [0.1, 0.15) is 11.1 Å². The number of rotatable bonds is 3. The Morgan fingerprint density at radius 3 is 2.81 bits per heavy atom. The van der Waals surface area contributed by atoms with Crippen LogP contribution < -0.4 is 5.32 Å². The van der Waals surface area contributed by atoms with Crippen LogP contribution in [0, 0.1) is 0 Å². The van der Waals surface area contributed by atoms with Crippen LogP contribution in [0.5, 0.6) is 0 Å². The van der Waals surface area contributed by atoms with Crippen LogP contribution >= 0.6 is 23.1 Å². The second kappa shape index (κ2) is 7.53. The first-order valence-corrected chi connectivity index (χ1v) is 8.96. The molecule has 1 aromatic carbocycles. The molecule has 0 radical (unpaired) electrons. The van der Waals surface area contributed by atoms with E-state index in [1.54, 1.807) is 6.07 Å². The minimum atomic E-state index is -4.43. The number of hydrogen-bond acceptors (Lipinski definition) is 7. The van der Waals surface area contributed by atoms with Crippen LogP contribution in [0.25, 0.3) is 10.1 Å². The van der Waals surface area contributed by atoms with Crippen molar-refractivity contribution >= 4 is 56.4 Å². The summed E-state index contributed by atoms with van der Waals surface area (Å²) in [6.07, 6.45) is -2.10. The lowest BCUT2D eigenvalue weighted by Crippen LogP contribution is -2.19. The fourth-order valence-electron chi connectivity index (χ4n) is 2.19. The quantitative estimate of drug-likeness (QED) is 0.361. The number of thioether (sulfide) groups is 1. The van der Waals surface area contributed by atoms with E-state index in [-0.39, 0.29) is 15.5 Å². The van der Waals surface area contributed by atoms with Gasteiger partial charge < -0.3 is 4.74 Å². The Bertz CT molecular complexity index is 1010. The van der Waals surface area contributed by atoms with E-state index in [0.29, 0.717) is 10.3 Å². The Hall–Kier alpha value is -2.66. The van der Waals surface area contributed by atoms with Crippen LogP contribution in [0.3, 0.4) is 0 Å². The molecule has 11 heteroatoms. The van der Waals surface area contributed by atoms with Crippen molar-refractivity contribution in [3.05, 3.63) is 45.7 Å². The third-order valence-electron chi connectivity index (χ3n) is 3.38. The molecule has 1 aliphatic rings. The van der Waals surface area contributed by atoms with Gasteiger partial charge in [0.1, 0.15) is 0 Å². The largest absolute Gasteiger partial charge is 0.466 e. The number of nitrogens with zero attached hydrogens (tertiary/aromatic N) is 2. The number of fused-ring (bicyclic) bond motifs is 1. The van der Waals surface area contributed by atoms with Crippen molar-refractivity contribution < 1.29 is 27.5 Å². The van der Waals surface area contributed by atoms with Gasteiger partial charge >= 0.3 is 12.1 Å². The number of amidine groups is 1. The molecule has 140 valence electrons. The molecule has 27 heavy (non-hydrogen) atoms. The highest BCUT2D eigenvalue weighted by Crippen LogP contribution is 2.39. The number of nitrogens with one attached hydrogen (secondary N) is 1. The summed E-state index contributed by atoms with van der Waals surface area (Å²) in [6.45, 7) is 0. The predicted molar refractivity (Wildman–Crippen MR) is 97.7 cm³/mol. The number of thiophene rings is 1. The van der Waals surface area contributed by atoms with Crippen molar-refractivity contribution in [1.29, 1.82) is 0 Å². The summed E-state index contributed by atoms with van der Waals surface area (Å²) in [5.74, 6) is -1.20. The van der Waals surface area contributed by atoms with Gasteiger partial charge in [-0.05, 0) is 11.8 Å². The van der Waals surface area contributed by atoms with Crippen molar-refractivity contribution in [3.8, 4) is 0 Å². The molecule has 3 rings (SSSR count). The first kappa shape index (κ1) is 19.1. The van der Waals surface area contributed by atoms with Gasteiger partial charge in [0.05, 0.1) is 23.8 Å². The monoisotopic (exact) mass is 413 g/mol. The van der Waals surface area contributed by atoms with Gasteiger partial charge in [0, 0.05) is 27.1 Å². The lowest BCUT2D eigenvalue weighted by Gasteiger charge is -2.04. The van der Waals surface area contributed by atoms with Crippen LogP contribution in [0.2, 0.25) is 0 Å². The fourth-order valence-corrected chi connectivity index (χ4v) is 3.98. The molecule has 0 unspecified atom stereocenters. The Labute approximate surface area is 158 Å². The third kappa shape index (κ3) is 4.19. The SMILES string of the molecule is COC(=O)/C=C1/S/C(=N\N=Cc2cccc3c(C(F)(F)F)csc23)NC1=O. The normalized spacial score (nSPS) is 18.0. The zero-order valence-corrected chi connectivity index (χ0v) is 15.2. The highest BCUT2D eigenvalue weighted by molar-refractivity contribution is 8.18. The van der Waals surface area contributed by atoms with Gasteiger partial charge in [-0.15, -0.1) is 16.4 Å². The average molecular weight is 413 g/mol. The molecule has 2 heterocycles. The van der Waals surface area contributed by atoms with Crippen molar-refractivity contribution in [2.75, 3.05) is 7.11 Å². The van der Waals surface area contributed by atoms with E-state index in [1.165, 1.54) is 25.5 Å². The molecule has 1 aliphatic heterocycles. The molecule has 0 bridgehead atoms. The number of halogens is 3. The number of methoxy groups -OCH3 is 1. The standard InChI is InChI=1S/C16H10F3N3O3S2/c1-25-12(23)5-11-14(24)21-15(27-11)22-20-6-8-3-2-4-9-10(16(17,18)19)7-26-13(8)9/h2-7H,1H3,(H,21,22,24)/b11-5+,20-6?. The molecule has 1 saturated heterocycles. The molecular weight excluding hydrogens is 403 g/mol. The van der Waals surface area contributed by atoms with Crippen molar-refractivity contribution in [3.63, 3.8) is 0 Å². The average Bonchev–Trinajstić information content (AvgIpc) is 3.19. The summed E-state index contributed by atoms with van der Waals surface area (Å²) in [5.41, 5.74) is -0.225. The number of esters is 1. The highest BCUT2D eigenvalue weighted by Gasteiger charge is 2.33. The predicted octanol–water partition coefficient (Wildman–Crippen LogP) is 3.53. The summed E-state index contributed by atoms with van der Waals surface area (Å²) < 4.78 is 43.9. The smallest absolute Gasteiger partial charge is 0.417 e. The van der Waals surface area contributed by atoms with E-state index in [4.69, 9.17) is 0 Å². The Balaban J connectivity index is 1.82. The molecule has 0 spiro atoms.